The first-order valence-corrected chi connectivity index (χ1v) is 8.52. The summed E-state index contributed by atoms with van der Waals surface area (Å²) >= 11 is 0. The van der Waals surface area contributed by atoms with E-state index in [1.54, 1.807) is 6.20 Å². The van der Waals surface area contributed by atoms with Crippen molar-refractivity contribution in [1.82, 2.24) is 9.97 Å². The van der Waals surface area contributed by atoms with Crippen LogP contribution in [0.3, 0.4) is 0 Å². The Morgan fingerprint density at radius 3 is 2.46 bits per heavy atom. The molecule has 2 rings (SSSR count). The second-order valence-electron chi connectivity index (χ2n) is 7.27. The standard InChI is InChI=1S/C21H23N5/c1-21(2,3)16-26(20-11-13-24-19(14-23)25-20)15-18-9-7-17(8-10-18)6-4-5-12-22/h4,6-11,13H,5,15-16H2,1-3H3/b6-4+. The van der Waals surface area contributed by atoms with Crippen LogP contribution < -0.4 is 4.90 Å². The van der Waals surface area contributed by atoms with Crippen molar-refractivity contribution in [2.75, 3.05) is 11.4 Å². The lowest BCUT2D eigenvalue weighted by Gasteiger charge is -2.31. The molecule has 0 atom stereocenters. The van der Waals surface area contributed by atoms with Crippen LogP contribution in [0.5, 0.6) is 0 Å². The highest BCUT2D eigenvalue weighted by Crippen LogP contribution is 2.22. The second-order valence-corrected chi connectivity index (χ2v) is 7.27. The molecular weight excluding hydrogens is 322 g/mol. The van der Waals surface area contributed by atoms with Crippen molar-refractivity contribution in [1.29, 1.82) is 10.5 Å². The monoisotopic (exact) mass is 345 g/mol. The van der Waals surface area contributed by atoms with E-state index >= 15 is 0 Å². The largest absolute Gasteiger partial charge is 0.352 e. The van der Waals surface area contributed by atoms with E-state index in [-0.39, 0.29) is 11.2 Å². The van der Waals surface area contributed by atoms with E-state index < -0.39 is 0 Å². The number of aromatic nitrogens is 2. The molecule has 0 saturated carbocycles. The van der Waals surface area contributed by atoms with Gasteiger partial charge < -0.3 is 4.90 Å². The Hall–Kier alpha value is -3.18. The van der Waals surface area contributed by atoms with Gasteiger partial charge in [-0.05, 0) is 22.6 Å². The second kappa shape index (κ2) is 8.78. The van der Waals surface area contributed by atoms with Crippen LogP contribution in [0.1, 0.15) is 44.1 Å². The normalized spacial score (nSPS) is 11.1. The van der Waals surface area contributed by atoms with Crippen molar-refractivity contribution in [3.63, 3.8) is 0 Å². The van der Waals surface area contributed by atoms with Crippen LogP contribution in [0, 0.1) is 28.1 Å². The fourth-order valence-corrected chi connectivity index (χ4v) is 2.57. The molecule has 0 aliphatic heterocycles. The van der Waals surface area contributed by atoms with Gasteiger partial charge in [-0.3, -0.25) is 0 Å². The molecule has 0 fully saturated rings. The Morgan fingerprint density at radius 1 is 1.12 bits per heavy atom. The van der Waals surface area contributed by atoms with E-state index in [4.69, 9.17) is 10.5 Å². The summed E-state index contributed by atoms with van der Waals surface area (Å²) < 4.78 is 0. The molecule has 1 aromatic carbocycles. The van der Waals surface area contributed by atoms with Gasteiger partial charge in [0.05, 0.1) is 12.5 Å². The molecule has 0 aliphatic rings. The molecule has 0 N–H and O–H groups in total. The van der Waals surface area contributed by atoms with Gasteiger partial charge in [-0.1, -0.05) is 57.2 Å². The molecule has 0 unspecified atom stereocenters. The molecule has 1 aromatic heterocycles. The molecule has 0 spiro atoms. The summed E-state index contributed by atoms with van der Waals surface area (Å²) in [6.07, 6.45) is 5.84. The number of rotatable bonds is 6. The fraction of sp³-hybridized carbons (Fsp3) is 0.333. The maximum Gasteiger partial charge on any atom is 0.234 e. The van der Waals surface area contributed by atoms with Crippen LogP contribution in [0.2, 0.25) is 0 Å². The van der Waals surface area contributed by atoms with Gasteiger partial charge in [0.1, 0.15) is 11.9 Å². The van der Waals surface area contributed by atoms with Crippen LogP contribution in [0.25, 0.3) is 6.08 Å². The topological polar surface area (TPSA) is 76.6 Å². The van der Waals surface area contributed by atoms with Crippen molar-refractivity contribution in [3.8, 4) is 12.1 Å². The van der Waals surface area contributed by atoms with E-state index in [1.165, 1.54) is 0 Å². The summed E-state index contributed by atoms with van der Waals surface area (Å²) in [5.41, 5.74) is 2.31. The van der Waals surface area contributed by atoms with Crippen LogP contribution in [-0.2, 0) is 6.54 Å². The van der Waals surface area contributed by atoms with Gasteiger partial charge in [0.2, 0.25) is 5.82 Å². The summed E-state index contributed by atoms with van der Waals surface area (Å²) in [6, 6.07) is 14.2. The van der Waals surface area contributed by atoms with Gasteiger partial charge >= 0.3 is 0 Å². The Balaban J connectivity index is 2.21. The molecule has 5 heteroatoms. The number of benzene rings is 1. The maximum atomic E-state index is 9.07. The summed E-state index contributed by atoms with van der Waals surface area (Å²) in [7, 11) is 0. The van der Waals surface area contributed by atoms with E-state index in [1.807, 2.05) is 36.4 Å². The van der Waals surface area contributed by atoms with Gasteiger partial charge in [0.25, 0.3) is 0 Å². The van der Waals surface area contributed by atoms with E-state index in [9.17, 15) is 0 Å². The zero-order valence-electron chi connectivity index (χ0n) is 15.5. The molecule has 132 valence electrons. The lowest BCUT2D eigenvalue weighted by atomic mass is 9.95. The minimum atomic E-state index is 0.0811. The predicted octanol–water partition coefficient (Wildman–Crippen LogP) is 4.33. The van der Waals surface area contributed by atoms with Gasteiger partial charge in [0.15, 0.2) is 0 Å². The Kier molecular flexibility index (Phi) is 6.47. The summed E-state index contributed by atoms with van der Waals surface area (Å²) in [6.45, 7) is 8.03. The van der Waals surface area contributed by atoms with Crippen LogP contribution in [-0.4, -0.2) is 16.5 Å². The molecule has 2 aromatic rings. The van der Waals surface area contributed by atoms with E-state index in [2.05, 4.69) is 53.8 Å². The first-order valence-electron chi connectivity index (χ1n) is 8.52. The predicted molar refractivity (Wildman–Crippen MR) is 103 cm³/mol. The number of allylic oxidation sites excluding steroid dienone is 1. The van der Waals surface area contributed by atoms with Gasteiger partial charge in [-0.25, -0.2) is 9.97 Å². The Morgan fingerprint density at radius 2 is 1.85 bits per heavy atom. The van der Waals surface area contributed by atoms with Crippen LogP contribution in [0.4, 0.5) is 5.82 Å². The third-order valence-corrected chi connectivity index (χ3v) is 3.60. The van der Waals surface area contributed by atoms with Gasteiger partial charge in [0, 0.05) is 19.3 Å². The van der Waals surface area contributed by atoms with Crippen molar-refractivity contribution in [3.05, 3.63) is 59.6 Å². The van der Waals surface area contributed by atoms with Crippen molar-refractivity contribution < 1.29 is 0 Å². The fourth-order valence-electron chi connectivity index (χ4n) is 2.57. The average Bonchev–Trinajstić information content (AvgIpc) is 2.62. The molecule has 5 nitrogen and oxygen atoms in total. The highest BCUT2D eigenvalue weighted by atomic mass is 15.2. The summed E-state index contributed by atoms with van der Waals surface area (Å²) in [4.78, 5) is 10.5. The smallest absolute Gasteiger partial charge is 0.234 e. The first kappa shape index (κ1) is 19.1. The molecule has 0 bridgehead atoms. The summed E-state index contributed by atoms with van der Waals surface area (Å²) in [5, 5.41) is 17.7. The Bertz CT molecular complexity index is 832. The van der Waals surface area contributed by atoms with E-state index in [0.29, 0.717) is 13.0 Å². The average molecular weight is 345 g/mol. The quantitative estimate of drug-likeness (QED) is 0.779. The molecule has 0 radical (unpaired) electrons. The number of nitriles is 2. The summed E-state index contributed by atoms with van der Waals surface area (Å²) in [5.74, 6) is 0.934. The van der Waals surface area contributed by atoms with Crippen LogP contribution in [0.15, 0.2) is 42.6 Å². The Labute approximate surface area is 155 Å². The highest BCUT2D eigenvalue weighted by Gasteiger charge is 2.18. The van der Waals surface area contributed by atoms with Crippen molar-refractivity contribution in [2.45, 2.75) is 33.7 Å². The minimum absolute atomic E-state index is 0.0811. The van der Waals surface area contributed by atoms with Crippen molar-refractivity contribution >= 4 is 11.9 Å². The third-order valence-electron chi connectivity index (χ3n) is 3.60. The number of hydrogen-bond donors (Lipinski definition) is 0. The van der Waals surface area contributed by atoms with Crippen LogP contribution >= 0.6 is 0 Å². The lowest BCUT2D eigenvalue weighted by molar-refractivity contribution is 0.407. The molecule has 0 saturated heterocycles. The molecule has 26 heavy (non-hydrogen) atoms. The maximum absolute atomic E-state index is 9.07. The molecular formula is C21H23N5. The highest BCUT2D eigenvalue weighted by molar-refractivity contribution is 5.50. The SMILES string of the molecule is CC(C)(C)CN(Cc1ccc(/C=C/CC#N)cc1)c1ccnc(C#N)n1. The molecule has 1 heterocycles. The van der Waals surface area contributed by atoms with Gasteiger partial charge in [-0.2, -0.15) is 10.5 Å². The lowest BCUT2D eigenvalue weighted by Crippen LogP contribution is -2.33. The number of hydrogen-bond acceptors (Lipinski definition) is 5. The van der Waals surface area contributed by atoms with E-state index in [0.717, 1.165) is 23.5 Å². The zero-order valence-corrected chi connectivity index (χ0v) is 15.5. The van der Waals surface area contributed by atoms with Gasteiger partial charge in [-0.15, -0.1) is 0 Å². The number of anilines is 1. The zero-order chi connectivity index (χ0) is 19.0. The van der Waals surface area contributed by atoms with Crippen molar-refractivity contribution in [2.24, 2.45) is 5.41 Å². The molecule has 0 amide bonds. The third kappa shape index (κ3) is 6.03. The molecule has 0 aliphatic carbocycles. The first-order chi connectivity index (χ1) is 12.4. The minimum Gasteiger partial charge on any atom is -0.352 e. The number of nitrogens with zero attached hydrogens (tertiary/aromatic N) is 5.